The second-order valence-electron chi connectivity index (χ2n) is 5.06. The number of aliphatic hydroxyl groups is 1. The van der Waals surface area contributed by atoms with E-state index < -0.39 is 5.97 Å². The van der Waals surface area contributed by atoms with Crippen molar-refractivity contribution >= 4 is 28.5 Å². The summed E-state index contributed by atoms with van der Waals surface area (Å²) in [7, 11) is 1.27. The van der Waals surface area contributed by atoms with Crippen molar-refractivity contribution in [3.8, 4) is 0 Å². The van der Waals surface area contributed by atoms with Crippen molar-refractivity contribution in [3.05, 3.63) is 41.8 Å². The molecular weight excluding hydrogens is 300 g/mol. The van der Waals surface area contributed by atoms with E-state index in [0.29, 0.717) is 11.3 Å². The van der Waals surface area contributed by atoms with Gasteiger partial charge >= 0.3 is 5.97 Å². The molecule has 2 N–H and O–H groups in total. The zero-order valence-electron chi connectivity index (χ0n) is 12.5. The Bertz CT molecular complexity index is 793. The van der Waals surface area contributed by atoms with Gasteiger partial charge in [0.25, 0.3) is 5.91 Å². The normalized spacial score (nSPS) is 14.7. The minimum Gasteiger partial charge on any atom is -0.466 e. The first-order chi connectivity index (χ1) is 11.2. The fourth-order valence-electron chi connectivity index (χ4n) is 2.59. The average Bonchev–Trinajstić information content (AvgIpc) is 3.15. The van der Waals surface area contributed by atoms with Crippen LogP contribution < -0.4 is 5.32 Å². The molecule has 3 rings (SSSR count). The van der Waals surface area contributed by atoms with Gasteiger partial charge in [0.15, 0.2) is 0 Å². The van der Waals surface area contributed by atoms with Crippen molar-refractivity contribution < 1.29 is 23.8 Å². The monoisotopic (exact) mass is 316 g/mol. The molecule has 1 aliphatic heterocycles. The maximum Gasteiger partial charge on any atom is 0.337 e. The Hall–Kier alpha value is -2.80. The fourth-order valence-corrected chi connectivity index (χ4v) is 2.59. The van der Waals surface area contributed by atoms with E-state index in [9.17, 15) is 9.59 Å². The molecule has 0 aliphatic carbocycles. The average molecular weight is 316 g/mol. The molecule has 1 aromatic heterocycles. The van der Waals surface area contributed by atoms with Gasteiger partial charge in [-0.25, -0.2) is 4.79 Å². The minimum absolute atomic E-state index is 0.107. The molecule has 23 heavy (non-hydrogen) atoms. The summed E-state index contributed by atoms with van der Waals surface area (Å²) in [6, 6.07) is 7.17. The molecule has 0 bridgehead atoms. The number of amides is 1. The van der Waals surface area contributed by atoms with Gasteiger partial charge in [-0.3, -0.25) is 4.79 Å². The van der Waals surface area contributed by atoms with E-state index in [1.807, 2.05) is 6.07 Å². The van der Waals surface area contributed by atoms with Crippen molar-refractivity contribution in [2.75, 3.05) is 32.1 Å². The van der Waals surface area contributed by atoms with Crippen molar-refractivity contribution in [3.63, 3.8) is 0 Å². The third kappa shape index (κ3) is 2.66. The number of methoxy groups -OCH3 is 1. The second-order valence-corrected chi connectivity index (χ2v) is 5.06. The van der Waals surface area contributed by atoms with E-state index in [4.69, 9.17) is 14.3 Å². The number of anilines is 1. The Kier molecular flexibility index (Phi) is 4.03. The Labute approximate surface area is 132 Å². The SMILES string of the molecule is COC(=O)C1=C(Nc2cccc3occc23)C(=O)N(CCO)C1. The highest BCUT2D eigenvalue weighted by Gasteiger charge is 2.34. The van der Waals surface area contributed by atoms with Gasteiger partial charge in [0.2, 0.25) is 0 Å². The van der Waals surface area contributed by atoms with Crippen LogP contribution in [0.4, 0.5) is 5.69 Å². The highest BCUT2D eigenvalue weighted by atomic mass is 16.5. The molecule has 0 spiro atoms. The molecular formula is C16H16N2O5. The summed E-state index contributed by atoms with van der Waals surface area (Å²) in [6.07, 6.45) is 1.56. The molecule has 0 saturated carbocycles. The van der Waals surface area contributed by atoms with Crippen LogP contribution in [-0.2, 0) is 14.3 Å². The molecule has 0 atom stereocenters. The number of carbonyl (C=O) groups excluding carboxylic acids is 2. The number of esters is 1. The molecule has 7 nitrogen and oxygen atoms in total. The first kappa shape index (κ1) is 15.1. The molecule has 7 heteroatoms. The first-order valence-corrected chi connectivity index (χ1v) is 7.10. The predicted molar refractivity (Wildman–Crippen MR) is 82.5 cm³/mol. The molecule has 1 amide bonds. The van der Waals surface area contributed by atoms with E-state index >= 15 is 0 Å². The lowest BCUT2D eigenvalue weighted by Gasteiger charge is -2.15. The van der Waals surface area contributed by atoms with E-state index in [-0.39, 0.29) is 36.9 Å². The van der Waals surface area contributed by atoms with E-state index in [2.05, 4.69) is 5.32 Å². The van der Waals surface area contributed by atoms with Crippen LogP contribution in [0.1, 0.15) is 0 Å². The largest absolute Gasteiger partial charge is 0.466 e. The number of aliphatic hydroxyl groups excluding tert-OH is 1. The van der Waals surface area contributed by atoms with Crippen LogP contribution in [0, 0.1) is 0 Å². The van der Waals surface area contributed by atoms with E-state index in [1.165, 1.54) is 12.0 Å². The minimum atomic E-state index is -0.569. The summed E-state index contributed by atoms with van der Waals surface area (Å²) in [4.78, 5) is 25.8. The fraction of sp³-hybridized carbons (Fsp3) is 0.250. The number of hydrogen-bond donors (Lipinski definition) is 2. The summed E-state index contributed by atoms with van der Waals surface area (Å²) in [5.74, 6) is -0.916. The number of rotatable bonds is 5. The molecule has 1 aromatic carbocycles. The number of β-amino-alcohol motifs (C(OH)–C–C–N with tert-alkyl or cyclic N) is 1. The van der Waals surface area contributed by atoms with Gasteiger partial charge in [-0.05, 0) is 18.2 Å². The lowest BCUT2D eigenvalue weighted by Crippen LogP contribution is -2.31. The molecule has 120 valence electrons. The quantitative estimate of drug-likeness (QED) is 0.803. The van der Waals surface area contributed by atoms with E-state index in [0.717, 1.165) is 5.39 Å². The molecule has 2 heterocycles. The van der Waals surface area contributed by atoms with Crippen LogP contribution in [0.15, 0.2) is 46.2 Å². The number of nitrogens with one attached hydrogen (secondary N) is 1. The number of nitrogens with zero attached hydrogens (tertiary/aromatic N) is 1. The summed E-state index contributed by atoms with van der Waals surface area (Å²) >= 11 is 0. The third-order valence-electron chi connectivity index (χ3n) is 3.71. The Morgan fingerprint density at radius 1 is 1.43 bits per heavy atom. The standard InChI is InChI=1S/C16H16N2O5/c1-22-16(21)11-9-18(6-7-19)15(20)14(11)17-12-3-2-4-13-10(12)5-8-23-13/h2-5,8,17,19H,6-7,9H2,1H3. The Balaban J connectivity index is 1.98. The number of furan rings is 1. The van der Waals surface area contributed by atoms with Crippen LogP contribution >= 0.6 is 0 Å². The Morgan fingerprint density at radius 3 is 3.00 bits per heavy atom. The van der Waals surface area contributed by atoms with Gasteiger partial charge < -0.3 is 24.5 Å². The molecule has 0 unspecified atom stereocenters. The summed E-state index contributed by atoms with van der Waals surface area (Å²) in [5.41, 5.74) is 1.74. The van der Waals surface area contributed by atoms with Crippen molar-refractivity contribution in [1.29, 1.82) is 0 Å². The van der Waals surface area contributed by atoms with Gasteiger partial charge in [-0.1, -0.05) is 6.07 Å². The zero-order valence-corrected chi connectivity index (χ0v) is 12.5. The Morgan fingerprint density at radius 2 is 2.26 bits per heavy atom. The molecule has 0 radical (unpaired) electrons. The van der Waals surface area contributed by atoms with Crippen molar-refractivity contribution in [2.45, 2.75) is 0 Å². The first-order valence-electron chi connectivity index (χ1n) is 7.10. The molecule has 0 fully saturated rings. The molecule has 1 aliphatic rings. The lowest BCUT2D eigenvalue weighted by molar-refractivity contribution is -0.136. The van der Waals surface area contributed by atoms with Gasteiger partial charge in [-0.2, -0.15) is 0 Å². The van der Waals surface area contributed by atoms with Gasteiger partial charge in [0.1, 0.15) is 11.3 Å². The van der Waals surface area contributed by atoms with Crippen LogP contribution in [0.3, 0.4) is 0 Å². The number of benzene rings is 1. The lowest BCUT2D eigenvalue weighted by atomic mass is 10.2. The van der Waals surface area contributed by atoms with Gasteiger partial charge in [0, 0.05) is 17.6 Å². The number of carbonyl (C=O) groups is 2. The summed E-state index contributed by atoms with van der Waals surface area (Å²) < 4.78 is 10.1. The smallest absolute Gasteiger partial charge is 0.337 e. The van der Waals surface area contributed by atoms with Crippen LogP contribution in [-0.4, -0.2) is 48.7 Å². The molecule has 2 aromatic rings. The number of fused-ring (bicyclic) bond motifs is 1. The zero-order chi connectivity index (χ0) is 16.4. The topological polar surface area (TPSA) is 92.0 Å². The maximum absolute atomic E-state index is 12.5. The van der Waals surface area contributed by atoms with Crippen LogP contribution in [0.2, 0.25) is 0 Å². The van der Waals surface area contributed by atoms with Gasteiger partial charge in [-0.15, -0.1) is 0 Å². The summed E-state index contributed by atoms with van der Waals surface area (Å²) in [5, 5.41) is 12.9. The highest BCUT2D eigenvalue weighted by molar-refractivity contribution is 6.09. The van der Waals surface area contributed by atoms with Crippen molar-refractivity contribution in [1.82, 2.24) is 4.90 Å². The summed E-state index contributed by atoms with van der Waals surface area (Å²) in [6.45, 7) is 0.0843. The third-order valence-corrected chi connectivity index (χ3v) is 3.71. The predicted octanol–water partition coefficient (Wildman–Crippen LogP) is 1.11. The maximum atomic E-state index is 12.5. The van der Waals surface area contributed by atoms with Crippen molar-refractivity contribution in [2.24, 2.45) is 0 Å². The second kappa shape index (κ2) is 6.13. The van der Waals surface area contributed by atoms with Gasteiger partial charge in [0.05, 0.1) is 32.1 Å². The number of ether oxygens (including phenoxy) is 1. The van der Waals surface area contributed by atoms with Crippen LogP contribution in [0.25, 0.3) is 11.0 Å². The molecule has 0 saturated heterocycles. The van der Waals surface area contributed by atoms with E-state index in [1.54, 1.807) is 24.5 Å². The van der Waals surface area contributed by atoms with Crippen LogP contribution in [0.5, 0.6) is 0 Å². The highest BCUT2D eigenvalue weighted by Crippen LogP contribution is 2.28. The number of hydrogen-bond acceptors (Lipinski definition) is 6.